The van der Waals surface area contributed by atoms with Crippen molar-refractivity contribution in [3.8, 4) is 16.8 Å². The van der Waals surface area contributed by atoms with Crippen LogP contribution in [-0.4, -0.2) is 15.9 Å². The largest absolute Gasteiger partial charge is 0.376 e. The van der Waals surface area contributed by atoms with Crippen LogP contribution in [0.3, 0.4) is 0 Å². The number of para-hydroxylation sites is 3. The maximum absolute atomic E-state index is 2.70. The molecule has 1 aliphatic carbocycles. The van der Waals surface area contributed by atoms with Crippen molar-refractivity contribution >= 4 is 61.4 Å². The van der Waals surface area contributed by atoms with Crippen molar-refractivity contribution in [3.63, 3.8) is 0 Å². The van der Waals surface area contributed by atoms with Crippen LogP contribution in [0, 0.1) is 0 Å². The summed E-state index contributed by atoms with van der Waals surface area (Å²) >= 11 is 0. The van der Waals surface area contributed by atoms with Crippen molar-refractivity contribution < 1.29 is 0 Å². The molecule has 2 aromatic heterocycles. The number of fused-ring (bicyclic) bond motifs is 12. The van der Waals surface area contributed by atoms with Crippen molar-refractivity contribution in [3.05, 3.63) is 138 Å². The summed E-state index contributed by atoms with van der Waals surface area (Å²) in [6, 6.07) is 46.1. The average molecular weight is 591 g/mol. The van der Waals surface area contributed by atoms with Gasteiger partial charge in [-0.1, -0.05) is 138 Å². The zero-order chi connectivity index (χ0) is 31.1. The van der Waals surface area contributed by atoms with Crippen LogP contribution in [0.15, 0.2) is 121 Å². The highest BCUT2D eigenvalue weighted by Crippen LogP contribution is 2.52. The lowest BCUT2D eigenvalue weighted by molar-refractivity contribution is 0.591. The van der Waals surface area contributed by atoms with E-state index in [0.717, 1.165) is 0 Å². The van der Waals surface area contributed by atoms with E-state index < -0.39 is 0 Å². The van der Waals surface area contributed by atoms with E-state index in [0.29, 0.717) is 0 Å². The Morgan fingerprint density at radius 1 is 0.565 bits per heavy atom. The minimum Gasteiger partial charge on any atom is -0.376 e. The monoisotopic (exact) mass is 590 g/mol. The summed E-state index contributed by atoms with van der Waals surface area (Å²) in [6.45, 7) is 11.8. The lowest BCUT2D eigenvalue weighted by Crippen LogP contribution is -2.53. The van der Waals surface area contributed by atoms with Gasteiger partial charge in [0.2, 0.25) is 0 Å². The maximum atomic E-state index is 2.70. The summed E-state index contributed by atoms with van der Waals surface area (Å²) in [7, 11) is 0. The molecule has 46 heavy (non-hydrogen) atoms. The lowest BCUT2D eigenvalue weighted by Gasteiger charge is -2.30. The van der Waals surface area contributed by atoms with Crippen LogP contribution in [0.4, 0.5) is 0 Å². The van der Waals surface area contributed by atoms with Gasteiger partial charge in [0.1, 0.15) is 0 Å². The van der Waals surface area contributed by atoms with Gasteiger partial charge in [0.25, 0.3) is 0 Å². The first kappa shape index (κ1) is 26.2. The Morgan fingerprint density at radius 3 is 2.11 bits per heavy atom. The molecule has 0 fully saturated rings. The normalized spacial score (nSPS) is 14.8. The molecular formula is C43H35BN2. The third-order valence-corrected chi connectivity index (χ3v) is 11.1. The van der Waals surface area contributed by atoms with E-state index >= 15 is 0 Å². The number of rotatable bonds is 1. The quantitative estimate of drug-likeness (QED) is 0.169. The zero-order valence-electron chi connectivity index (χ0n) is 27.0. The Labute approximate surface area is 270 Å². The fourth-order valence-corrected chi connectivity index (χ4v) is 9.01. The molecule has 1 aliphatic heterocycles. The summed E-state index contributed by atoms with van der Waals surface area (Å²) in [5.41, 5.74) is 16.1. The van der Waals surface area contributed by atoms with E-state index in [1.165, 1.54) is 88.0 Å². The molecule has 220 valence electrons. The molecule has 0 amide bonds. The summed E-state index contributed by atoms with van der Waals surface area (Å²) in [4.78, 5) is 0. The van der Waals surface area contributed by atoms with Gasteiger partial charge < -0.3 is 9.05 Å². The molecule has 6 aromatic carbocycles. The first-order valence-corrected chi connectivity index (χ1v) is 16.6. The number of hydrogen-bond acceptors (Lipinski definition) is 0. The van der Waals surface area contributed by atoms with Crippen LogP contribution >= 0.6 is 0 Å². The highest BCUT2D eigenvalue weighted by molar-refractivity contribution is 6.88. The van der Waals surface area contributed by atoms with Crippen LogP contribution < -0.4 is 10.9 Å². The molecule has 0 spiro atoms. The minimum atomic E-state index is -0.129. The smallest absolute Gasteiger partial charge is 0.332 e. The van der Waals surface area contributed by atoms with Crippen LogP contribution in [0.5, 0.6) is 0 Å². The van der Waals surface area contributed by atoms with Gasteiger partial charge in [-0.15, -0.1) is 0 Å². The highest BCUT2D eigenvalue weighted by atomic mass is 15.0. The Bertz CT molecular complexity index is 2610. The van der Waals surface area contributed by atoms with Crippen LogP contribution in [0.25, 0.3) is 60.4 Å². The molecule has 0 saturated carbocycles. The van der Waals surface area contributed by atoms with E-state index in [1.807, 2.05) is 0 Å². The van der Waals surface area contributed by atoms with Gasteiger partial charge in [0.05, 0.1) is 11.0 Å². The first-order valence-electron chi connectivity index (χ1n) is 16.6. The van der Waals surface area contributed by atoms with Crippen LogP contribution in [-0.2, 0) is 10.8 Å². The molecule has 2 aliphatic rings. The standard InChI is InChI=1S/C43H35BN2/c1-42(2,3)26-21-22-29-31-15-12-18-35-40(31)45(38(29)25-26)37-20-11-9-17-34(37)44(35)46-36-19-10-7-14-28(36)32-24-23-30-27-13-6-8-16-33(27)43(4,5)39(30)41(32)46/h6-25H,1-5H3. The van der Waals surface area contributed by atoms with Crippen molar-refractivity contribution in [2.45, 2.75) is 45.4 Å². The Balaban J connectivity index is 1.39. The van der Waals surface area contributed by atoms with Gasteiger partial charge in [0.15, 0.2) is 0 Å². The number of aromatic nitrogens is 2. The molecule has 3 heterocycles. The van der Waals surface area contributed by atoms with Crippen LogP contribution in [0.1, 0.15) is 51.3 Å². The molecular weight excluding hydrogens is 555 g/mol. The molecule has 0 bridgehead atoms. The first-order chi connectivity index (χ1) is 22.2. The SMILES string of the molecule is CC(C)(C)c1ccc2c3cccc4c3n(c2c1)-c1ccccc1B4n1c2ccccc2c2ccc3c(c21)C(C)(C)c1ccccc1-3. The van der Waals surface area contributed by atoms with Gasteiger partial charge >= 0.3 is 6.85 Å². The third kappa shape index (κ3) is 3.13. The number of hydrogen-bond donors (Lipinski definition) is 0. The molecule has 0 unspecified atom stereocenters. The van der Waals surface area contributed by atoms with Gasteiger partial charge in [-0.3, -0.25) is 0 Å². The molecule has 2 nitrogen and oxygen atoms in total. The maximum Gasteiger partial charge on any atom is 0.332 e. The van der Waals surface area contributed by atoms with Crippen molar-refractivity contribution in [1.82, 2.24) is 9.05 Å². The predicted octanol–water partition coefficient (Wildman–Crippen LogP) is 9.46. The van der Waals surface area contributed by atoms with Crippen molar-refractivity contribution in [2.24, 2.45) is 0 Å². The zero-order valence-corrected chi connectivity index (χ0v) is 27.0. The van der Waals surface area contributed by atoms with E-state index in [-0.39, 0.29) is 17.7 Å². The van der Waals surface area contributed by atoms with Gasteiger partial charge in [0, 0.05) is 43.7 Å². The number of benzene rings is 6. The predicted molar refractivity (Wildman–Crippen MR) is 197 cm³/mol. The van der Waals surface area contributed by atoms with Gasteiger partial charge in [-0.2, -0.15) is 0 Å². The summed E-state index contributed by atoms with van der Waals surface area (Å²) in [5.74, 6) is 0. The molecule has 3 heteroatoms. The fraction of sp³-hybridized carbons (Fsp3) is 0.163. The van der Waals surface area contributed by atoms with E-state index in [2.05, 4.69) is 165 Å². The van der Waals surface area contributed by atoms with Crippen molar-refractivity contribution in [1.29, 1.82) is 0 Å². The molecule has 10 rings (SSSR count). The second-order valence-electron chi connectivity index (χ2n) is 15.0. The van der Waals surface area contributed by atoms with E-state index in [4.69, 9.17) is 0 Å². The highest BCUT2D eigenvalue weighted by Gasteiger charge is 2.41. The third-order valence-electron chi connectivity index (χ3n) is 11.1. The number of nitrogens with zero attached hydrogens (tertiary/aromatic N) is 2. The van der Waals surface area contributed by atoms with Crippen LogP contribution in [0.2, 0.25) is 0 Å². The second-order valence-corrected chi connectivity index (χ2v) is 15.0. The fourth-order valence-electron chi connectivity index (χ4n) is 9.01. The van der Waals surface area contributed by atoms with Crippen molar-refractivity contribution in [2.75, 3.05) is 0 Å². The average Bonchev–Trinajstić information content (AvgIpc) is 3.65. The lowest BCUT2D eigenvalue weighted by atomic mass is 9.48. The summed E-state index contributed by atoms with van der Waals surface area (Å²) < 4.78 is 5.26. The van der Waals surface area contributed by atoms with Gasteiger partial charge in [-0.05, 0) is 62.4 Å². The Morgan fingerprint density at radius 2 is 1.24 bits per heavy atom. The molecule has 0 atom stereocenters. The van der Waals surface area contributed by atoms with Gasteiger partial charge in [-0.25, -0.2) is 0 Å². The minimum absolute atomic E-state index is 0.0206. The van der Waals surface area contributed by atoms with E-state index in [1.54, 1.807) is 0 Å². The Kier molecular flexibility index (Phi) is 4.91. The molecule has 0 radical (unpaired) electrons. The summed E-state index contributed by atoms with van der Waals surface area (Å²) in [6.07, 6.45) is 0. The molecule has 8 aromatic rings. The topological polar surface area (TPSA) is 9.86 Å². The van der Waals surface area contributed by atoms with E-state index in [9.17, 15) is 0 Å². The molecule has 0 saturated heterocycles. The second kappa shape index (κ2) is 8.62. The molecule has 0 N–H and O–H groups in total. The Hall–Kier alpha value is -5.02. The summed E-state index contributed by atoms with van der Waals surface area (Å²) in [5, 5.41) is 5.30.